The number of nitrogens with zero attached hydrogens (tertiary/aromatic N) is 2. The summed E-state index contributed by atoms with van der Waals surface area (Å²) in [6, 6.07) is 7.69. The average Bonchev–Trinajstić information content (AvgIpc) is 2.67. The van der Waals surface area contributed by atoms with Crippen molar-refractivity contribution >= 4 is 17.5 Å². The fraction of sp³-hybridized carbons (Fsp3) is 0.556. The summed E-state index contributed by atoms with van der Waals surface area (Å²) in [6.07, 6.45) is 1.35. The first-order valence-electron chi connectivity index (χ1n) is 8.27. The summed E-state index contributed by atoms with van der Waals surface area (Å²) in [6.45, 7) is 5.47. The Morgan fingerprint density at radius 2 is 2.09 bits per heavy atom. The van der Waals surface area contributed by atoms with Crippen LogP contribution >= 0.6 is 0 Å². The Morgan fingerprint density at radius 3 is 2.74 bits per heavy atom. The van der Waals surface area contributed by atoms with Gasteiger partial charge in [0.2, 0.25) is 11.8 Å². The van der Waals surface area contributed by atoms with Crippen LogP contribution in [-0.2, 0) is 16.1 Å². The second kappa shape index (κ2) is 7.59. The number of amides is 2. The highest BCUT2D eigenvalue weighted by Crippen LogP contribution is 2.27. The summed E-state index contributed by atoms with van der Waals surface area (Å²) >= 11 is 0. The van der Waals surface area contributed by atoms with Gasteiger partial charge < -0.3 is 10.2 Å². The first-order chi connectivity index (χ1) is 10.9. The van der Waals surface area contributed by atoms with Crippen LogP contribution in [0.1, 0.15) is 32.3 Å². The molecular weight excluding hydrogens is 290 g/mol. The number of carbonyl (C=O) groups is 2. The number of benzene rings is 1. The van der Waals surface area contributed by atoms with Crippen LogP contribution in [0.25, 0.3) is 0 Å². The Morgan fingerprint density at radius 1 is 1.39 bits per heavy atom. The molecule has 1 aromatic rings. The van der Waals surface area contributed by atoms with Crippen LogP contribution in [0.4, 0.5) is 5.69 Å². The van der Waals surface area contributed by atoms with E-state index in [1.54, 1.807) is 19.0 Å². The van der Waals surface area contributed by atoms with Crippen LogP contribution in [0, 0.1) is 5.92 Å². The van der Waals surface area contributed by atoms with E-state index < -0.39 is 0 Å². The zero-order chi connectivity index (χ0) is 17.0. The van der Waals surface area contributed by atoms with Gasteiger partial charge in [0.25, 0.3) is 0 Å². The van der Waals surface area contributed by atoms with Gasteiger partial charge in [-0.1, -0.05) is 38.5 Å². The molecule has 5 heteroatoms. The Kier molecular flexibility index (Phi) is 5.77. The van der Waals surface area contributed by atoms with Gasteiger partial charge in [-0.3, -0.25) is 14.5 Å². The van der Waals surface area contributed by atoms with Gasteiger partial charge in [0.15, 0.2) is 0 Å². The number of fused-ring (bicyclic) bond motifs is 1. The van der Waals surface area contributed by atoms with Crippen LogP contribution in [0.15, 0.2) is 24.3 Å². The predicted octanol–water partition coefficient (Wildman–Crippen LogP) is 2.33. The number of para-hydroxylation sites is 1. The molecule has 0 unspecified atom stereocenters. The highest BCUT2D eigenvalue weighted by Gasteiger charge is 2.33. The lowest BCUT2D eigenvalue weighted by atomic mass is 9.96. The summed E-state index contributed by atoms with van der Waals surface area (Å²) in [7, 11) is 3.53. The summed E-state index contributed by atoms with van der Waals surface area (Å²) in [5.74, 6) is 0.353. The highest BCUT2D eigenvalue weighted by molar-refractivity contribution is 5.96. The summed E-state index contributed by atoms with van der Waals surface area (Å²) in [5, 5.41) is 3.05. The number of carbonyl (C=O) groups excluding carboxylic acids is 2. The van der Waals surface area contributed by atoms with Crippen molar-refractivity contribution in [2.24, 2.45) is 5.92 Å². The quantitative estimate of drug-likeness (QED) is 0.907. The zero-order valence-electron chi connectivity index (χ0n) is 14.5. The van der Waals surface area contributed by atoms with Gasteiger partial charge in [-0.25, -0.2) is 0 Å². The molecule has 2 amide bonds. The van der Waals surface area contributed by atoms with Crippen molar-refractivity contribution < 1.29 is 9.59 Å². The molecule has 0 bridgehead atoms. The Labute approximate surface area is 138 Å². The van der Waals surface area contributed by atoms with E-state index in [-0.39, 0.29) is 23.8 Å². The first kappa shape index (κ1) is 17.5. The number of rotatable bonds is 5. The number of anilines is 1. The van der Waals surface area contributed by atoms with E-state index in [9.17, 15) is 9.59 Å². The lowest BCUT2D eigenvalue weighted by Crippen LogP contribution is -2.47. The van der Waals surface area contributed by atoms with Gasteiger partial charge in [-0.2, -0.15) is 0 Å². The van der Waals surface area contributed by atoms with Gasteiger partial charge in [0.05, 0.1) is 6.04 Å². The monoisotopic (exact) mass is 317 g/mol. The lowest BCUT2D eigenvalue weighted by Gasteiger charge is -2.32. The van der Waals surface area contributed by atoms with E-state index >= 15 is 0 Å². The maximum absolute atomic E-state index is 12.7. The molecule has 5 nitrogen and oxygen atoms in total. The average molecular weight is 317 g/mol. The third-order valence-corrected chi connectivity index (χ3v) is 4.61. The van der Waals surface area contributed by atoms with Crippen molar-refractivity contribution in [2.75, 3.05) is 26.0 Å². The van der Waals surface area contributed by atoms with Gasteiger partial charge in [-0.05, 0) is 17.5 Å². The maximum atomic E-state index is 12.7. The molecule has 1 aromatic carbocycles. The molecule has 0 fully saturated rings. The van der Waals surface area contributed by atoms with Gasteiger partial charge in [0.1, 0.15) is 0 Å². The Bertz CT molecular complexity index is 571. The molecule has 126 valence electrons. The minimum Gasteiger partial charge on any atom is -0.349 e. The third kappa shape index (κ3) is 4.10. The molecule has 2 atom stereocenters. The molecule has 0 spiro atoms. The topological polar surface area (TPSA) is 52.7 Å². The zero-order valence-corrected chi connectivity index (χ0v) is 14.5. The van der Waals surface area contributed by atoms with Crippen LogP contribution in [0.3, 0.4) is 0 Å². The van der Waals surface area contributed by atoms with E-state index in [1.807, 2.05) is 24.3 Å². The molecule has 2 rings (SSSR count). The van der Waals surface area contributed by atoms with Crippen molar-refractivity contribution in [3.05, 3.63) is 29.8 Å². The predicted molar refractivity (Wildman–Crippen MR) is 92.0 cm³/mol. The van der Waals surface area contributed by atoms with Crippen molar-refractivity contribution in [1.82, 2.24) is 9.80 Å². The molecule has 1 N–H and O–H groups in total. The molecule has 0 aliphatic carbocycles. The molecule has 0 radical (unpaired) electrons. The largest absolute Gasteiger partial charge is 0.349 e. The molecule has 1 heterocycles. The first-order valence-corrected chi connectivity index (χ1v) is 8.27. The van der Waals surface area contributed by atoms with Crippen molar-refractivity contribution in [3.8, 4) is 0 Å². The SMILES string of the molecule is CC[C@H](C)[C@H]1C(=O)Nc2ccccc2CN1CCC(=O)N(C)C. The van der Waals surface area contributed by atoms with E-state index in [2.05, 4.69) is 24.1 Å². The molecular formula is C18H27N3O2. The van der Waals surface area contributed by atoms with Crippen molar-refractivity contribution in [2.45, 2.75) is 39.3 Å². The number of hydrogen-bond donors (Lipinski definition) is 1. The van der Waals surface area contributed by atoms with E-state index in [4.69, 9.17) is 0 Å². The maximum Gasteiger partial charge on any atom is 0.242 e. The van der Waals surface area contributed by atoms with Crippen LogP contribution in [0.5, 0.6) is 0 Å². The number of nitrogens with one attached hydrogen (secondary N) is 1. The Hall–Kier alpha value is -1.88. The summed E-state index contributed by atoms with van der Waals surface area (Å²) in [5.41, 5.74) is 1.98. The van der Waals surface area contributed by atoms with Crippen LogP contribution < -0.4 is 5.32 Å². The van der Waals surface area contributed by atoms with Crippen LogP contribution in [-0.4, -0.2) is 48.3 Å². The smallest absolute Gasteiger partial charge is 0.242 e. The van der Waals surface area contributed by atoms with Gasteiger partial charge in [0, 0.05) is 39.3 Å². The molecule has 1 aliphatic heterocycles. The van der Waals surface area contributed by atoms with E-state index in [1.165, 1.54) is 0 Å². The fourth-order valence-electron chi connectivity index (χ4n) is 2.99. The molecule has 1 aliphatic rings. The summed E-state index contributed by atoms with van der Waals surface area (Å²) < 4.78 is 0. The third-order valence-electron chi connectivity index (χ3n) is 4.61. The van der Waals surface area contributed by atoms with Gasteiger partial charge >= 0.3 is 0 Å². The second-order valence-electron chi connectivity index (χ2n) is 6.49. The highest BCUT2D eigenvalue weighted by atomic mass is 16.2. The fourth-order valence-corrected chi connectivity index (χ4v) is 2.99. The lowest BCUT2D eigenvalue weighted by molar-refractivity contribution is -0.130. The minimum absolute atomic E-state index is 0.0293. The van der Waals surface area contributed by atoms with Gasteiger partial charge in [-0.15, -0.1) is 0 Å². The number of hydrogen-bond acceptors (Lipinski definition) is 3. The normalized spacial score (nSPS) is 19.5. The molecule has 23 heavy (non-hydrogen) atoms. The molecule has 0 saturated carbocycles. The standard InChI is InChI=1S/C18H27N3O2/c1-5-13(2)17-18(23)19-15-9-7-6-8-14(15)12-21(17)11-10-16(22)20(3)4/h6-9,13,17H,5,10-12H2,1-4H3,(H,19,23)/t13-,17-/m0/s1. The van der Waals surface area contributed by atoms with Crippen molar-refractivity contribution in [1.29, 1.82) is 0 Å². The molecule has 0 aromatic heterocycles. The van der Waals surface area contributed by atoms with Crippen LogP contribution in [0.2, 0.25) is 0 Å². The minimum atomic E-state index is -0.206. The van der Waals surface area contributed by atoms with E-state index in [0.29, 0.717) is 19.5 Å². The second-order valence-corrected chi connectivity index (χ2v) is 6.49. The van der Waals surface area contributed by atoms with E-state index in [0.717, 1.165) is 17.7 Å². The summed E-state index contributed by atoms with van der Waals surface area (Å²) in [4.78, 5) is 28.4. The molecule has 0 saturated heterocycles. The Balaban J connectivity index is 2.25. The van der Waals surface area contributed by atoms with Crippen molar-refractivity contribution in [3.63, 3.8) is 0 Å².